The summed E-state index contributed by atoms with van der Waals surface area (Å²) in [5.74, 6) is 0.397. The number of aliphatic imine (C=N–C) groups is 1. The van der Waals surface area contributed by atoms with Crippen molar-refractivity contribution in [3.63, 3.8) is 0 Å². The van der Waals surface area contributed by atoms with E-state index in [1.165, 1.54) is 0 Å². The largest absolute Gasteiger partial charge is 0.356 e. The quantitative estimate of drug-likeness (QED) is 0.300. The molecule has 0 aliphatic heterocycles. The van der Waals surface area contributed by atoms with Crippen LogP contribution in [0.2, 0.25) is 5.02 Å². The third-order valence-corrected chi connectivity index (χ3v) is 4.41. The molecule has 2 aromatic rings. The van der Waals surface area contributed by atoms with Gasteiger partial charge >= 0.3 is 0 Å². The second kappa shape index (κ2) is 11.7. The van der Waals surface area contributed by atoms with Crippen molar-refractivity contribution in [2.75, 3.05) is 33.7 Å². The van der Waals surface area contributed by atoms with E-state index in [0.29, 0.717) is 41.7 Å². The van der Waals surface area contributed by atoms with Crippen LogP contribution in [0.5, 0.6) is 0 Å². The molecule has 4 N–H and O–H groups in total. The number of amides is 2. The van der Waals surface area contributed by atoms with Crippen LogP contribution in [0.1, 0.15) is 26.3 Å². The fourth-order valence-corrected chi connectivity index (χ4v) is 2.74. The fraction of sp³-hybridized carbons (Fsp3) is 0.286. The van der Waals surface area contributed by atoms with Gasteiger partial charge in [-0.15, -0.1) is 0 Å². The molecular weight excluding hydrogens is 390 g/mol. The van der Waals surface area contributed by atoms with Crippen molar-refractivity contribution in [1.29, 1.82) is 0 Å². The van der Waals surface area contributed by atoms with Gasteiger partial charge in [0, 0.05) is 49.9 Å². The number of hydrogen-bond acceptors (Lipinski definition) is 3. The average molecular weight is 416 g/mol. The summed E-state index contributed by atoms with van der Waals surface area (Å²) in [5, 5.41) is 12.4. The second-order valence-electron chi connectivity index (χ2n) is 6.22. The monoisotopic (exact) mass is 415 g/mol. The third-order valence-electron chi connectivity index (χ3n) is 4.16. The SMILES string of the molecule is CN=C(NCCNC(=O)c1ccc(Cl)cc1)NCCc1cccc(C(=O)NC)c1. The zero-order valence-corrected chi connectivity index (χ0v) is 17.3. The van der Waals surface area contributed by atoms with Gasteiger partial charge in [-0.25, -0.2) is 0 Å². The number of guanidine groups is 1. The highest BCUT2D eigenvalue weighted by atomic mass is 35.5. The molecule has 0 aliphatic rings. The highest BCUT2D eigenvalue weighted by molar-refractivity contribution is 6.30. The van der Waals surface area contributed by atoms with Crippen molar-refractivity contribution in [3.8, 4) is 0 Å². The number of carbonyl (C=O) groups excluding carboxylic acids is 2. The second-order valence-corrected chi connectivity index (χ2v) is 6.65. The first kappa shape index (κ1) is 22.2. The van der Waals surface area contributed by atoms with Crippen LogP contribution >= 0.6 is 11.6 Å². The van der Waals surface area contributed by atoms with E-state index >= 15 is 0 Å². The molecule has 2 amide bonds. The molecular formula is C21H26ClN5O2. The Morgan fingerprint density at radius 2 is 1.59 bits per heavy atom. The first-order valence-corrected chi connectivity index (χ1v) is 9.70. The number of rotatable bonds is 8. The summed E-state index contributed by atoms with van der Waals surface area (Å²) in [6.45, 7) is 1.65. The zero-order valence-electron chi connectivity index (χ0n) is 16.6. The van der Waals surface area contributed by atoms with Crippen molar-refractivity contribution in [2.45, 2.75) is 6.42 Å². The Balaban J connectivity index is 1.69. The van der Waals surface area contributed by atoms with E-state index in [1.807, 2.05) is 18.2 Å². The highest BCUT2D eigenvalue weighted by Crippen LogP contribution is 2.09. The van der Waals surface area contributed by atoms with E-state index in [1.54, 1.807) is 44.4 Å². The van der Waals surface area contributed by atoms with Crippen LogP contribution in [0, 0.1) is 0 Å². The summed E-state index contributed by atoms with van der Waals surface area (Å²) in [7, 11) is 3.30. The summed E-state index contributed by atoms with van der Waals surface area (Å²) < 4.78 is 0. The summed E-state index contributed by atoms with van der Waals surface area (Å²) >= 11 is 5.82. The van der Waals surface area contributed by atoms with Gasteiger partial charge in [0.05, 0.1) is 0 Å². The zero-order chi connectivity index (χ0) is 21.1. The van der Waals surface area contributed by atoms with Gasteiger partial charge in [-0.2, -0.15) is 0 Å². The van der Waals surface area contributed by atoms with Crippen LogP contribution in [0.15, 0.2) is 53.5 Å². The maximum atomic E-state index is 12.0. The van der Waals surface area contributed by atoms with Crippen molar-refractivity contribution >= 4 is 29.4 Å². The molecule has 0 saturated carbocycles. The van der Waals surface area contributed by atoms with Gasteiger partial charge in [0.1, 0.15) is 0 Å². The van der Waals surface area contributed by atoms with Crippen LogP contribution < -0.4 is 21.3 Å². The lowest BCUT2D eigenvalue weighted by Crippen LogP contribution is -2.42. The summed E-state index contributed by atoms with van der Waals surface area (Å²) in [6, 6.07) is 14.3. The Morgan fingerprint density at radius 1 is 0.897 bits per heavy atom. The van der Waals surface area contributed by atoms with E-state index in [-0.39, 0.29) is 11.8 Å². The lowest BCUT2D eigenvalue weighted by molar-refractivity contribution is 0.0949. The average Bonchev–Trinajstić information content (AvgIpc) is 2.75. The van der Waals surface area contributed by atoms with E-state index in [0.717, 1.165) is 12.0 Å². The third kappa shape index (κ3) is 7.46. The molecule has 0 radical (unpaired) electrons. The van der Waals surface area contributed by atoms with Gasteiger partial charge in [0.2, 0.25) is 0 Å². The molecule has 0 atom stereocenters. The fourth-order valence-electron chi connectivity index (χ4n) is 2.62. The minimum Gasteiger partial charge on any atom is -0.356 e. The Labute approximate surface area is 175 Å². The molecule has 0 unspecified atom stereocenters. The smallest absolute Gasteiger partial charge is 0.251 e. The van der Waals surface area contributed by atoms with Crippen molar-refractivity contribution in [3.05, 3.63) is 70.2 Å². The molecule has 0 aliphatic carbocycles. The van der Waals surface area contributed by atoms with Gasteiger partial charge < -0.3 is 21.3 Å². The lowest BCUT2D eigenvalue weighted by atomic mass is 10.1. The van der Waals surface area contributed by atoms with Crippen LogP contribution in [-0.2, 0) is 6.42 Å². The normalized spacial score (nSPS) is 10.9. The standard InChI is InChI=1S/C21H26ClN5O2/c1-23-19(28)17-5-3-4-15(14-17)10-11-26-21(24-2)27-13-12-25-20(29)16-6-8-18(22)9-7-16/h3-9,14H,10-13H2,1-2H3,(H,23,28)(H,25,29)(H2,24,26,27). The molecule has 154 valence electrons. The topological polar surface area (TPSA) is 94.6 Å². The highest BCUT2D eigenvalue weighted by Gasteiger charge is 2.05. The molecule has 0 spiro atoms. The molecule has 2 aromatic carbocycles. The first-order chi connectivity index (χ1) is 14.0. The van der Waals surface area contributed by atoms with Gasteiger partial charge in [0.15, 0.2) is 5.96 Å². The summed E-state index contributed by atoms with van der Waals surface area (Å²) in [6.07, 6.45) is 0.749. The van der Waals surface area contributed by atoms with Gasteiger partial charge in [-0.05, 0) is 48.4 Å². The van der Waals surface area contributed by atoms with Crippen LogP contribution in [0.25, 0.3) is 0 Å². The molecule has 0 saturated heterocycles. The minimum absolute atomic E-state index is 0.0991. The van der Waals surface area contributed by atoms with E-state index in [4.69, 9.17) is 11.6 Å². The Hall–Kier alpha value is -3.06. The molecule has 0 fully saturated rings. The Bertz CT molecular complexity index is 852. The molecule has 2 rings (SSSR count). The number of nitrogens with one attached hydrogen (secondary N) is 4. The maximum absolute atomic E-state index is 12.0. The van der Waals surface area contributed by atoms with Crippen molar-refractivity contribution in [2.24, 2.45) is 4.99 Å². The summed E-state index contributed by atoms with van der Waals surface area (Å²) in [5.41, 5.74) is 2.27. The van der Waals surface area contributed by atoms with Crippen LogP contribution in [0.3, 0.4) is 0 Å². The number of benzene rings is 2. The number of halogens is 1. The van der Waals surface area contributed by atoms with Gasteiger partial charge in [-0.3, -0.25) is 14.6 Å². The Kier molecular flexibility index (Phi) is 8.98. The molecule has 7 nitrogen and oxygen atoms in total. The predicted octanol–water partition coefficient (Wildman–Crippen LogP) is 1.84. The van der Waals surface area contributed by atoms with Crippen LogP contribution in [0.4, 0.5) is 0 Å². The molecule has 0 aromatic heterocycles. The molecule has 0 heterocycles. The lowest BCUT2D eigenvalue weighted by Gasteiger charge is -2.12. The number of hydrogen-bond donors (Lipinski definition) is 4. The summed E-state index contributed by atoms with van der Waals surface area (Å²) in [4.78, 5) is 27.9. The molecule has 8 heteroatoms. The predicted molar refractivity (Wildman–Crippen MR) is 117 cm³/mol. The van der Waals surface area contributed by atoms with E-state index < -0.39 is 0 Å². The van der Waals surface area contributed by atoms with Gasteiger partial charge in [-0.1, -0.05) is 23.7 Å². The van der Waals surface area contributed by atoms with Gasteiger partial charge in [0.25, 0.3) is 11.8 Å². The van der Waals surface area contributed by atoms with E-state index in [2.05, 4.69) is 26.3 Å². The number of nitrogens with zero attached hydrogens (tertiary/aromatic N) is 1. The Morgan fingerprint density at radius 3 is 2.28 bits per heavy atom. The molecule has 29 heavy (non-hydrogen) atoms. The van der Waals surface area contributed by atoms with Crippen molar-refractivity contribution in [1.82, 2.24) is 21.3 Å². The molecule has 0 bridgehead atoms. The first-order valence-electron chi connectivity index (χ1n) is 9.32. The van der Waals surface area contributed by atoms with Crippen LogP contribution in [-0.4, -0.2) is 51.5 Å². The van der Waals surface area contributed by atoms with E-state index in [9.17, 15) is 9.59 Å². The minimum atomic E-state index is -0.151. The number of carbonyl (C=O) groups is 2. The maximum Gasteiger partial charge on any atom is 0.251 e. The van der Waals surface area contributed by atoms with Crippen molar-refractivity contribution < 1.29 is 9.59 Å².